The molecule has 0 aliphatic rings. The zero-order chi connectivity index (χ0) is 16.7. The Hall–Kier alpha value is -3.13. The Morgan fingerprint density at radius 3 is 2.00 bits per heavy atom. The van der Waals surface area contributed by atoms with Gasteiger partial charge in [-0.05, 0) is 13.8 Å². The molecule has 0 aromatic heterocycles. The molecule has 0 spiro atoms. The molecule has 0 saturated carbocycles. The lowest BCUT2D eigenvalue weighted by atomic mass is 9.80. The maximum absolute atomic E-state index is 10.7. The first-order valence-electron chi connectivity index (χ1n) is 5.68. The van der Waals surface area contributed by atoms with Crippen LogP contribution < -0.4 is 10.9 Å². The summed E-state index contributed by atoms with van der Waals surface area (Å²) in [5.41, 5.74) is -0.226. The summed E-state index contributed by atoms with van der Waals surface area (Å²) in [6.07, 6.45) is -0.821. The number of hydrogen-bond acceptors (Lipinski definition) is 7. The predicted octanol–water partition coefficient (Wildman–Crippen LogP) is 0.0335. The molecule has 21 heavy (non-hydrogen) atoms. The molecule has 0 rings (SSSR count). The Kier molecular flexibility index (Phi) is 5.85. The van der Waals surface area contributed by atoms with Crippen LogP contribution in [0.2, 0.25) is 0 Å². The lowest BCUT2D eigenvalue weighted by Gasteiger charge is -2.29. The highest BCUT2D eigenvalue weighted by molar-refractivity contribution is 5.16. The molecule has 0 aliphatic heterocycles. The Morgan fingerprint density at radius 1 is 1.14 bits per heavy atom. The van der Waals surface area contributed by atoms with Crippen LogP contribution in [0.3, 0.4) is 0 Å². The van der Waals surface area contributed by atoms with E-state index in [1.165, 1.54) is 6.92 Å². The molecule has 3 unspecified atom stereocenters. The molecule has 0 fully saturated rings. The molecule has 0 radical (unpaired) electrons. The molecule has 0 aromatic carbocycles. The van der Waals surface area contributed by atoms with Crippen LogP contribution in [0.5, 0.6) is 0 Å². The summed E-state index contributed by atoms with van der Waals surface area (Å²) in [6, 6.07) is 5.09. The van der Waals surface area contributed by atoms with Gasteiger partial charge in [0.15, 0.2) is 21.1 Å². The Labute approximate surface area is 120 Å². The normalized spacial score (nSPS) is 16.7. The molecule has 11 nitrogen and oxygen atoms in total. The average Bonchev–Trinajstić information content (AvgIpc) is 2.36. The molecule has 112 valence electrons. The highest BCUT2D eigenvalue weighted by atomic mass is 16.7. The molecule has 11 heteroatoms. The largest absolute Gasteiger partial charge is 0.235 e. The van der Waals surface area contributed by atoms with Crippen molar-refractivity contribution in [3.05, 3.63) is 20.2 Å². The highest BCUT2D eigenvalue weighted by Gasteiger charge is 2.46. The van der Waals surface area contributed by atoms with Crippen molar-refractivity contribution in [2.24, 2.45) is 5.92 Å². The summed E-state index contributed by atoms with van der Waals surface area (Å²) in [7, 11) is 0. The van der Waals surface area contributed by atoms with E-state index in [4.69, 9.17) is 10.5 Å². The summed E-state index contributed by atoms with van der Waals surface area (Å²) in [6.45, 7) is 2.58. The van der Waals surface area contributed by atoms with Gasteiger partial charge in [0.1, 0.15) is 0 Å². The van der Waals surface area contributed by atoms with E-state index >= 15 is 0 Å². The van der Waals surface area contributed by atoms with Crippen LogP contribution in [0, 0.1) is 60.1 Å². The molecule has 0 aliphatic carbocycles. The third-order valence-electron chi connectivity index (χ3n) is 2.63. The third kappa shape index (κ3) is 5.57. The standard InChI is InChI=1S/C10H13N7O4/c1-8(4-11)3-10(7-13,15-17(20)21)5-9(2,6-12)14-16(18)19/h8,14-15H,3,5H2,1-2H3. The monoisotopic (exact) mass is 295 g/mol. The predicted molar refractivity (Wildman–Crippen MR) is 66.6 cm³/mol. The molecule has 2 N–H and O–H groups in total. The van der Waals surface area contributed by atoms with Crippen molar-refractivity contribution in [3.63, 3.8) is 0 Å². The van der Waals surface area contributed by atoms with Crippen LogP contribution in [-0.2, 0) is 0 Å². The van der Waals surface area contributed by atoms with E-state index < -0.39 is 33.5 Å². The Balaban J connectivity index is 5.54. The fraction of sp³-hybridized carbons (Fsp3) is 0.700. The summed E-state index contributed by atoms with van der Waals surface area (Å²) in [4.78, 5) is 21.2. The van der Waals surface area contributed by atoms with Crippen LogP contribution >= 0.6 is 0 Å². The number of nitro groups is 2. The van der Waals surface area contributed by atoms with Crippen molar-refractivity contribution < 1.29 is 10.1 Å². The van der Waals surface area contributed by atoms with E-state index in [1.807, 2.05) is 6.07 Å². The van der Waals surface area contributed by atoms with E-state index in [0.29, 0.717) is 0 Å². The van der Waals surface area contributed by atoms with Gasteiger partial charge in [0, 0.05) is 18.8 Å². The fourth-order valence-corrected chi connectivity index (χ4v) is 1.92. The van der Waals surface area contributed by atoms with Gasteiger partial charge in [0.2, 0.25) is 0 Å². The maximum atomic E-state index is 10.7. The molecule has 0 bridgehead atoms. The van der Waals surface area contributed by atoms with Gasteiger partial charge in [-0.25, -0.2) is 20.2 Å². The molecule has 0 heterocycles. The fourth-order valence-electron chi connectivity index (χ4n) is 1.92. The minimum absolute atomic E-state index is 0.266. The maximum Gasteiger partial charge on any atom is 0.187 e. The molecule has 0 saturated heterocycles. The van der Waals surface area contributed by atoms with Crippen LogP contribution in [0.25, 0.3) is 0 Å². The minimum atomic E-state index is -1.90. The van der Waals surface area contributed by atoms with Gasteiger partial charge in [0.25, 0.3) is 0 Å². The lowest BCUT2D eigenvalue weighted by molar-refractivity contribution is -0.564. The molecular weight excluding hydrogens is 282 g/mol. The second kappa shape index (κ2) is 6.87. The van der Waals surface area contributed by atoms with Gasteiger partial charge >= 0.3 is 0 Å². The van der Waals surface area contributed by atoms with Crippen molar-refractivity contribution in [3.8, 4) is 18.2 Å². The van der Waals surface area contributed by atoms with E-state index in [1.54, 1.807) is 23.0 Å². The van der Waals surface area contributed by atoms with Crippen molar-refractivity contribution in [2.45, 2.75) is 37.8 Å². The van der Waals surface area contributed by atoms with Crippen LogP contribution in [0.15, 0.2) is 0 Å². The second-order valence-corrected chi connectivity index (χ2v) is 4.79. The smallest absolute Gasteiger partial charge is 0.187 e. The highest BCUT2D eigenvalue weighted by Crippen LogP contribution is 2.26. The first-order chi connectivity index (χ1) is 9.62. The van der Waals surface area contributed by atoms with Gasteiger partial charge in [-0.3, -0.25) is 0 Å². The first kappa shape index (κ1) is 17.9. The second-order valence-electron chi connectivity index (χ2n) is 4.79. The van der Waals surface area contributed by atoms with E-state index in [-0.39, 0.29) is 6.42 Å². The van der Waals surface area contributed by atoms with Crippen molar-refractivity contribution in [1.29, 1.82) is 15.8 Å². The summed E-state index contributed by atoms with van der Waals surface area (Å²) in [5.74, 6) is -0.726. The van der Waals surface area contributed by atoms with Crippen LogP contribution in [0.4, 0.5) is 0 Å². The Bertz CT molecular complexity index is 545. The van der Waals surface area contributed by atoms with Crippen LogP contribution in [0.1, 0.15) is 26.7 Å². The van der Waals surface area contributed by atoms with E-state index in [9.17, 15) is 25.5 Å². The van der Waals surface area contributed by atoms with Crippen molar-refractivity contribution >= 4 is 0 Å². The number of hydrazine groups is 2. The number of hydrogen-bond donors (Lipinski definition) is 2. The summed E-state index contributed by atoms with van der Waals surface area (Å²) in [5, 5.41) is 46.3. The number of rotatable bonds is 8. The van der Waals surface area contributed by atoms with Gasteiger partial charge in [-0.2, -0.15) is 15.8 Å². The van der Waals surface area contributed by atoms with Crippen molar-refractivity contribution in [2.75, 3.05) is 0 Å². The quantitative estimate of drug-likeness (QED) is 0.460. The molecular formula is C10H13N7O4. The number of nitrogens with one attached hydrogen (secondary N) is 2. The zero-order valence-corrected chi connectivity index (χ0v) is 11.4. The number of nitrogens with zero attached hydrogens (tertiary/aromatic N) is 5. The van der Waals surface area contributed by atoms with E-state index in [0.717, 1.165) is 6.92 Å². The van der Waals surface area contributed by atoms with Crippen LogP contribution in [-0.4, -0.2) is 21.1 Å². The lowest BCUT2D eigenvalue weighted by Crippen LogP contribution is -2.57. The molecule has 3 atom stereocenters. The third-order valence-corrected chi connectivity index (χ3v) is 2.63. The molecule has 0 aromatic rings. The van der Waals surface area contributed by atoms with Crippen molar-refractivity contribution in [1.82, 2.24) is 10.9 Å². The van der Waals surface area contributed by atoms with E-state index in [2.05, 4.69) is 0 Å². The van der Waals surface area contributed by atoms with Gasteiger partial charge < -0.3 is 0 Å². The Morgan fingerprint density at radius 2 is 1.67 bits per heavy atom. The first-order valence-corrected chi connectivity index (χ1v) is 5.68. The topological polar surface area (TPSA) is 182 Å². The SMILES string of the molecule is CC(C#N)CC(C#N)(CC(C)(C#N)N[N+](=O)[O-])N[N+](=O)[O-]. The average molecular weight is 295 g/mol. The number of nitriles is 3. The van der Waals surface area contributed by atoms with Gasteiger partial charge in [0.05, 0.1) is 18.2 Å². The van der Waals surface area contributed by atoms with Gasteiger partial charge in [-0.1, -0.05) is 0 Å². The minimum Gasteiger partial charge on any atom is -0.235 e. The molecule has 0 amide bonds. The zero-order valence-electron chi connectivity index (χ0n) is 11.4. The van der Waals surface area contributed by atoms with Gasteiger partial charge in [-0.15, -0.1) is 10.9 Å². The summed E-state index contributed by atoms with van der Waals surface area (Å²) < 4.78 is 0. The summed E-state index contributed by atoms with van der Waals surface area (Å²) >= 11 is 0.